The third-order valence-corrected chi connectivity index (χ3v) is 6.65. The molecule has 4 rings (SSSR count). The Hall–Kier alpha value is -2.62. The average molecular weight is 530 g/mol. The maximum absolute atomic E-state index is 12.9. The summed E-state index contributed by atoms with van der Waals surface area (Å²) in [5.41, 5.74) is 0.857. The van der Waals surface area contributed by atoms with Crippen LogP contribution in [0.1, 0.15) is 39.7 Å². The van der Waals surface area contributed by atoms with Gasteiger partial charge in [-0.15, -0.1) is 11.3 Å². The number of rotatable bonds is 10. The van der Waals surface area contributed by atoms with Gasteiger partial charge >= 0.3 is 12.6 Å². The van der Waals surface area contributed by atoms with Crippen LogP contribution in [0.3, 0.4) is 0 Å². The number of hydrogen-bond acceptors (Lipinski definition) is 6. The van der Waals surface area contributed by atoms with E-state index in [1.807, 2.05) is 0 Å². The van der Waals surface area contributed by atoms with Crippen LogP contribution < -0.4 is 14.2 Å². The molecule has 0 N–H and O–H groups in total. The molecule has 0 radical (unpaired) electrons. The lowest BCUT2D eigenvalue weighted by molar-refractivity contribution is -0.605. The van der Waals surface area contributed by atoms with Gasteiger partial charge in [-0.3, -0.25) is 0 Å². The Labute approximate surface area is 208 Å². The summed E-state index contributed by atoms with van der Waals surface area (Å²) in [6.07, 6.45) is 3.44. The predicted molar refractivity (Wildman–Crippen MR) is 123 cm³/mol. The molecule has 2 heterocycles. The number of ether oxygens (including phenoxy) is 3. The van der Waals surface area contributed by atoms with Crippen LogP contribution in [0.15, 0.2) is 48.1 Å². The minimum Gasteiger partial charge on any atom is -0.619 e. The van der Waals surface area contributed by atoms with E-state index < -0.39 is 18.7 Å². The van der Waals surface area contributed by atoms with Gasteiger partial charge in [-0.2, -0.15) is 13.5 Å². The molecule has 1 aliphatic carbocycles. The number of nitrogens with zero attached hydrogens (tertiary/aromatic N) is 1. The zero-order valence-corrected chi connectivity index (χ0v) is 19.9. The first-order valence-corrected chi connectivity index (χ1v) is 12.0. The number of thiophene rings is 1. The number of halogens is 4. The molecule has 1 aromatic carbocycles. The van der Waals surface area contributed by atoms with Crippen LogP contribution in [0.5, 0.6) is 11.5 Å². The van der Waals surface area contributed by atoms with Gasteiger partial charge in [0.25, 0.3) is 0 Å². The molecule has 34 heavy (non-hydrogen) atoms. The molecule has 11 heteroatoms. The quantitative estimate of drug-likeness (QED) is 0.177. The van der Waals surface area contributed by atoms with Crippen molar-refractivity contribution in [1.82, 2.24) is 0 Å². The second-order valence-electron chi connectivity index (χ2n) is 7.71. The average Bonchev–Trinajstić information content (AvgIpc) is 3.44. The number of hydrogen-bond donors (Lipinski definition) is 0. The van der Waals surface area contributed by atoms with Gasteiger partial charge in [0.15, 0.2) is 23.9 Å². The summed E-state index contributed by atoms with van der Waals surface area (Å²) in [5.74, 6) is -0.206. The van der Waals surface area contributed by atoms with Gasteiger partial charge in [0.1, 0.15) is 21.0 Å². The van der Waals surface area contributed by atoms with Crippen molar-refractivity contribution in [3.8, 4) is 11.5 Å². The first kappa shape index (κ1) is 24.5. The third kappa shape index (κ3) is 6.28. The number of alkyl halides is 2. The monoisotopic (exact) mass is 529 g/mol. The van der Waals surface area contributed by atoms with Gasteiger partial charge in [-0.25, -0.2) is 4.79 Å². The van der Waals surface area contributed by atoms with Gasteiger partial charge < -0.3 is 19.4 Å². The van der Waals surface area contributed by atoms with E-state index in [1.54, 1.807) is 17.5 Å². The first-order chi connectivity index (χ1) is 16.3. The fraction of sp³-hybridized carbons (Fsp3) is 0.304. The van der Waals surface area contributed by atoms with E-state index in [4.69, 9.17) is 32.7 Å². The van der Waals surface area contributed by atoms with Crippen LogP contribution >= 0.6 is 34.5 Å². The highest BCUT2D eigenvalue weighted by Gasteiger charge is 2.26. The van der Waals surface area contributed by atoms with Crippen LogP contribution in [0.2, 0.25) is 10.0 Å². The Balaban J connectivity index is 1.68. The Morgan fingerprint density at radius 2 is 1.91 bits per heavy atom. The lowest BCUT2D eigenvalue weighted by Gasteiger charge is -2.21. The highest BCUT2D eigenvalue weighted by molar-refractivity contribution is 7.11. The molecule has 1 atom stereocenters. The standard InChI is InChI=1S/C23H19Cl2F2NO5S/c24-16-10-28(30)11-17(25)15(16)9-19(32-22(29)21-2-1-7-34-21)14-5-6-18(33-23(26)27)20(8-14)31-12-13-3-4-13/h1-2,5-8,10-11,13,19,23H,3-4,9,12H2/t19-/m0/s1. The molecule has 1 fully saturated rings. The lowest BCUT2D eigenvalue weighted by atomic mass is 10.0. The van der Waals surface area contributed by atoms with E-state index in [2.05, 4.69) is 4.74 Å². The zero-order chi connectivity index (χ0) is 24.2. The maximum atomic E-state index is 12.9. The zero-order valence-electron chi connectivity index (χ0n) is 17.6. The summed E-state index contributed by atoms with van der Waals surface area (Å²) < 4.78 is 42.4. The molecule has 0 spiro atoms. The van der Waals surface area contributed by atoms with Crippen molar-refractivity contribution in [2.45, 2.75) is 32.0 Å². The molecular weight excluding hydrogens is 511 g/mol. The molecule has 2 aromatic heterocycles. The van der Waals surface area contributed by atoms with Crippen LogP contribution in [0.4, 0.5) is 8.78 Å². The third-order valence-electron chi connectivity index (χ3n) is 5.15. The second-order valence-corrected chi connectivity index (χ2v) is 9.47. The smallest absolute Gasteiger partial charge is 0.387 e. The number of carbonyl (C=O) groups excluding carboxylic acids is 1. The van der Waals surface area contributed by atoms with Crippen LogP contribution in [-0.2, 0) is 11.2 Å². The van der Waals surface area contributed by atoms with Crippen LogP contribution in [0, 0.1) is 11.1 Å². The Bertz CT molecular complexity index is 1140. The van der Waals surface area contributed by atoms with Crippen molar-refractivity contribution in [2.75, 3.05) is 6.61 Å². The van der Waals surface area contributed by atoms with Crippen LogP contribution in [-0.4, -0.2) is 19.2 Å². The van der Waals surface area contributed by atoms with Gasteiger partial charge in [-0.05, 0) is 47.9 Å². The van der Waals surface area contributed by atoms with Crippen molar-refractivity contribution < 1.29 is 32.5 Å². The Morgan fingerprint density at radius 1 is 1.18 bits per heavy atom. The molecule has 1 saturated carbocycles. The van der Waals surface area contributed by atoms with Crippen molar-refractivity contribution in [2.24, 2.45) is 5.92 Å². The molecule has 180 valence electrons. The summed E-state index contributed by atoms with van der Waals surface area (Å²) in [6, 6.07) is 7.69. The van der Waals surface area contributed by atoms with Gasteiger partial charge in [0.05, 0.1) is 6.61 Å². The molecule has 1 aliphatic rings. The lowest BCUT2D eigenvalue weighted by Crippen LogP contribution is -2.25. The van der Waals surface area contributed by atoms with E-state index in [0.717, 1.165) is 25.2 Å². The highest BCUT2D eigenvalue weighted by Crippen LogP contribution is 2.38. The van der Waals surface area contributed by atoms with Gasteiger partial charge in [0, 0.05) is 12.0 Å². The first-order valence-electron chi connectivity index (χ1n) is 10.3. The highest BCUT2D eigenvalue weighted by atomic mass is 35.5. The molecule has 6 nitrogen and oxygen atoms in total. The fourth-order valence-corrected chi connectivity index (χ4v) is 4.45. The van der Waals surface area contributed by atoms with Crippen LogP contribution in [0.25, 0.3) is 0 Å². The number of pyridine rings is 1. The number of esters is 1. The van der Waals surface area contributed by atoms with E-state index in [0.29, 0.717) is 33.3 Å². The van der Waals surface area contributed by atoms with Gasteiger partial charge in [0.2, 0.25) is 0 Å². The molecule has 0 aliphatic heterocycles. The minimum atomic E-state index is -3.03. The van der Waals surface area contributed by atoms with Crippen molar-refractivity contribution in [3.05, 3.63) is 79.4 Å². The molecule has 3 aromatic rings. The molecule has 0 unspecified atom stereocenters. The van der Waals surface area contributed by atoms with E-state index in [9.17, 15) is 18.8 Å². The predicted octanol–water partition coefficient (Wildman–Crippen LogP) is 6.22. The van der Waals surface area contributed by atoms with Gasteiger partial charge in [-0.1, -0.05) is 35.3 Å². The van der Waals surface area contributed by atoms with Crippen molar-refractivity contribution in [3.63, 3.8) is 0 Å². The number of benzene rings is 1. The summed E-state index contributed by atoms with van der Waals surface area (Å²) in [4.78, 5) is 13.1. The summed E-state index contributed by atoms with van der Waals surface area (Å²) in [7, 11) is 0. The second kappa shape index (κ2) is 10.8. The van der Waals surface area contributed by atoms with E-state index >= 15 is 0 Å². The minimum absolute atomic E-state index is 0.0345. The maximum Gasteiger partial charge on any atom is 0.387 e. The fourth-order valence-electron chi connectivity index (χ4n) is 3.24. The van der Waals surface area contributed by atoms with E-state index in [1.165, 1.54) is 29.5 Å². The summed E-state index contributed by atoms with van der Waals surface area (Å²) in [6.45, 7) is -2.66. The largest absolute Gasteiger partial charge is 0.619 e. The topological polar surface area (TPSA) is 71.7 Å². The van der Waals surface area contributed by atoms with Crippen molar-refractivity contribution in [1.29, 1.82) is 0 Å². The molecular formula is C23H19Cl2F2NO5S. The number of aromatic nitrogens is 1. The normalized spacial score (nSPS) is 14.1. The molecule has 0 saturated heterocycles. The summed E-state index contributed by atoms with van der Waals surface area (Å²) >= 11 is 13.7. The van der Waals surface area contributed by atoms with E-state index in [-0.39, 0.29) is 28.0 Å². The molecule has 0 bridgehead atoms. The van der Waals surface area contributed by atoms with Crippen molar-refractivity contribution >= 4 is 40.5 Å². The number of carbonyl (C=O) groups is 1. The Kier molecular flexibility index (Phi) is 7.75. The SMILES string of the molecule is O=C(O[C@@H](Cc1c(Cl)c[n+]([O-])cc1Cl)c1ccc(OC(F)F)c(OCC2CC2)c1)c1cccs1. The molecule has 0 amide bonds. The Morgan fingerprint density at radius 3 is 2.53 bits per heavy atom. The summed E-state index contributed by atoms with van der Waals surface area (Å²) in [5, 5.41) is 13.6.